The molecule has 116 valence electrons. The van der Waals surface area contributed by atoms with Crippen LogP contribution in [0.25, 0.3) is 0 Å². The highest BCUT2D eigenvalue weighted by Crippen LogP contribution is 2.28. The highest BCUT2D eigenvalue weighted by atomic mass is 16.5. The van der Waals surface area contributed by atoms with E-state index in [2.05, 4.69) is 17.6 Å². The topological polar surface area (TPSA) is 59.6 Å². The van der Waals surface area contributed by atoms with Crippen molar-refractivity contribution in [1.29, 1.82) is 0 Å². The third kappa shape index (κ3) is 4.11. The number of carbonyl (C=O) groups excluding carboxylic acids is 1. The van der Waals surface area contributed by atoms with Crippen molar-refractivity contribution in [3.63, 3.8) is 0 Å². The van der Waals surface area contributed by atoms with Gasteiger partial charge in [0.25, 0.3) is 0 Å². The molecular formula is C16H24N2O3. The maximum atomic E-state index is 12.3. The molecule has 0 spiro atoms. The van der Waals surface area contributed by atoms with Crippen molar-refractivity contribution in [3.8, 4) is 11.5 Å². The minimum Gasteiger partial charge on any atom is -0.496 e. The van der Waals surface area contributed by atoms with Gasteiger partial charge in [0.15, 0.2) is 0 Å². The second-order valence-electron chi connectivity index (χ2n) is 5.46. The molecule has 1 aromatic carbocycles. The second-order valence-corrected chi connectivity index (χ2v) is 5.46. The van der Waals surface area contributed by atoms with Crippen molar-refractivity contribution in [2.75, 3.05) is 20.8 Å². The second kappa shape index (κ2) is 7.31. The van der Waals surface area contributed by atoms with Gasteiger partial charge in [0.2, 0.25) is 5.91 Å². The molecule has 1 amide bonds. The third-order valence-corrected chi connectivity index (χ3v) is 3.86. The van der Waals surface area contributed by atoms with E-state index in [0.717, 1.165) is 24.9 Å². The summed E-state index contributed by atoms with van der Waals surface area (Å²) in [5, 5.41) is 6.49. The van der Waals surface area contributed by atoms with E-state index in [0.29, 0.717) is 17.5 Å². The Labute approximate surface area is 126 Å². The molecule has 21 heavy (non-hydrogen) atoms. The van der Waals surface area contributed by atoms with Crippen LogP contribution in [0.15, 0.2) is 18.2 Å². The summed E-state index contributed by atoms with van der Waals surface area (Å²) < 4.78 is 10.7. The number of nitrogens with one attached hydrogen (secondary N) is 2. The summed E-state index contributed by atoms with van der Waals surface area (Å²) in [4.78, 5) is 12.3. The minimum atomic E-state index is 0.0110. The van der Waals surface area contributed by atoms with Crippen LogP contribution in [-0.4, -0.2) is 38.8 Å². The van der Waals surface area contributed by atoms with Gasteiger partial charge in [-0.2, -0.15) is 0 Å². The molecule has 1 aromatic rings. The van der Waals surface area contributed by atoms with Gasteiger partial charge in [-0.25, -0.2) is 0 Å². The zero-order valence-electron chi connectivity index (χ0n) is 12.9. The van der Waals surface area contributed by atoms with Gasteiger partial charge < -0.3 is 20.1 Å². The normalized spacial score (nSPS) is 21.7. The molecule has 2 N–H and O–H groups in total. The van der Waals surface area contributed by atoms with Gasteiger partial charge in [-0.1, -0.05) is 6.07 Å². The molecular weight excluding hydrogens is 268 g/mol. The maximum absolute atomic E-state index is 12.3. The number of hydrogen-bond acceptors (Lipinski definition) is 4. The molecule has 2 rings (SSSR count). The van der Waals surface area contributed by atoms with E-state index in [1.807, 2.05) is 18.2 Å². The van der Waals surface area contributed by atoms with E-state index in [4.69, 9.17) is 9.47 Å². The number of methoxy groups -OCH3 is 2. The van der Waals surface area contributed by atoms with E-state index >= 15 is 0 Å². The summed E-state index contributed by atoms with van der Waals surface area (Å²) in [6.45, 7) is 3.09. The summed E-state index contributed by atoms with van der Waals surface area (Å²) in [5.74, 6) is 1.38. The highest BCUT2D eigenvalue weighted by Gasteiger charge is 2.21. The number of benzene rings is 1. The minimum absolute atomic E-state index is 0.0110. The maximum Gasteiger partial charge on any atom is 0.224 e. The Morgan fingerprint density at radius 3 is 2.57 bits per heavy atom. The van der Waals surface area contributed by atoms with Crippen molar-refractivity contribution in [2.24, 2.45) is 0 Å². The lowest BCUT2D eigenvalue weighted by atomic mass is 10.00. The number of amides is 1. The number of piperidine rings is 1. The van der Waals surface area contributed by atoms with Crippen molar-refractivity contribution in [2.45, 2.75) is 38.3 Å². The fourth-order valence-corrected chi connectivity index (χ4v) is 2.80. The Morgan fingerprint density at radius 2 is 2.00 bits per heavy atom. The van der Waals surface area contributed by atoms with Crippen LogP contribution in [0, 0.1) is 0 Å². The van der Waals surface area contributed by atoms with Crippen LogP contribution in [0.4, 0.5) is 0 Å². The monoisotopic (exact) mass is 292 g/mol. The first-order valence-corrected chi connectivity index (χ1v) is 7.36. The molecule has 1 saturated heterocycles. The molecule has 1 heterocycles. The summed E-state index contributed by atoms with van der Waals surface area (Å²) in [6, 6.07) is 6.24. The van der Waals surface area contributed by atoms with Gasteiger partial charge in [-0.3, -0.25) is 4.79 Å². The van der Waals surface area contributed by atoms with Crippen molar-refractivity contribution in [3.05, 3.63) is 23.8 Å². The number of carbonyl (C=O) groups is 1. The Balaban J connectivity index is 2.02. The Bertz CT molecular complexity index is 468. The first-order chi connectivity index (χ1) is 10.1. The Hall–Kier alpha value is -1.75. The molecule has 0 aliphatic carbocycles. The Kier molecular flexibility index (Phi) is 5.44. The van der Waals surface area contributed by atoms with Crippen molar-refractivity contribution >= 4 is 5.91 Å². The van der Waals surface area contributed by atoms with Gasteiger partial charge in [0.1, 0.15) is 11.5 Å². The smallest absolute Gasteiger partial charge is 0.224 e. The highest BCUT2D eigenvalue weighted by molar-refractivity contribution is 5.80. The predicted octanol–water partition coefficient (Wildman–Crippen LogP) is 1.50. The molecule has 1 aliphatic rings. The van der Waals surface area contributed by atoms with E-state index in [9.17, 15) is 4.79 Å². The molecule has 5 heteroatoms. The molecule has 5 nitrogen and oxygen atoms in total. The third-order valence-electron chi connectivity index (χ3n) is 3.86. The van der Waals surface area contributed by atoms with Crippen molar-refractivity contribution in [1.82, 2.24) is 10.6 Å². The van der Waals surface area contributed by atoms with Gasteiger partial charge >= 0.3 is 0 Å². The van der Waals surface area contributed by atoms with Crippen molar-refractivity contribution < 1.29 is 14.3 Å². The van der Waals surface area contributed by atoms with Crippen LogP contribution >= 0.6 is 0 Å². The molecule has 2 atom stereocenters. The fourth-order valence-electron chi connectivity index (χ4n) is 2.80. The first kappa shape index (κ1) is 15.6. The van der Waals surface area contributed by atoms with E-state index in [-0.39, 0.29) is 18.4 Å². The average Bonchev–Trinajstić information content (AvgIpc) is 2.47. The van der Waals surface area contributed by atoms with Gasteiger partial charge in [-0.15, -0.1) is 0 Å². The van der Waals surface area contributed by atoms with Gasteiger partial charge in [-0.05, 0) is 38.4 Å². The molecule has 0 aromatic heterocycles. The van der Waals surface area contributed by atoms with Crippen LogP contribution in [-0.2, 0) is 11.2 Å². The summed E-state index contributed by atoms with van der Waals surface area (Å²) >= 11 is 0. The summed E-state index contributed by atoms with van der Waals surface area (Å²) in [6.07, 6.45) is 2.21. The van der Waals surface area contributed by atoms with Gasteiger partial charge in [0.05, 0.1) is 20.6 Å². The van der Waals surface area contributed by atoms with Gasteiger partial charge in [0, 0.05) is 17.6 Å². The first-order valence-electron chi connectivity index (χ1n) is 7.36. The summed E-state index contributed by atoms with van der Waals surface area (Å²) in [7, 11) is 3.20. The molecule has 1 fully saturated rings. The Morgan fingerprint density at radius 1 is 1.33 bits per heavy atom. The van der Waals surface area contributed by atoms with Crippen LogP contribution < -0.4 is 20.1 Å². The molecule has 0 radical (unpaired) electrons. The lowest BCUT2D eigenvalue weighted by Gasteiger charge is -2.28. The lowest BCUT2D eigenvalue weighted by molar-refractivity contribution is -0.121. The van der Waals surface area contributed by atoms with Crippen LogP contribution in [0.3, 0.4) is 0 Å². The van der Waals surface area contributed by atoms with E-state index in [1.165, 1.54) is 0 Å². The number of rotatable bonds is 5. The number of hydrogen-bond donors (Lipinski definition) is 2. The molecule has 0 bridgehead atoms. The van der Waals surface area contributed by atoms with Crippen LogP contribution in [0.2, 0.25) is 0 Å². The quantitative estimate of drug-likeness (QED) is 0.863. The predicted molar refractivity (Wildman–Crippen MR) is 81.9 cm³/mol. The standard InChI is InChI=1S/C16H24N2O3/c1-11-9-12(7-8-17-11)18-16(19)10-13-14(20-2)5-4-6-15(13)21-3/h4-6,11-12,17H,7-10H2,1-3H3,(H,18,19). The lowest BCUT2D eigenvalue weighted by Crippen LogP contribution is -2.47. The van der Waals surface area contributed by atoms with E-state index < -0.39 is 0 Å². The van der Waals surface area contributed by atoms with E-state index in [1.54, 1.807) is 14.2 Å². The average molecular weight is 292 g/mol. The zero-order valence-corrected chi connectivity index (χ0v) is 12.9. The molecule has 2 unspecified atom stereocenters. The molecule has 1 aliphatic heterocycles. The largest absolute Gasteiger partial charge is 0.496 e. The zero-order chi connectivity index (χ0) is 15.2. The SMILES string of the molecule is COc1cccc(OC)c1CC(=O)NC1CCNC(C)C1. The summed E-state index contributed by atoms with van der Waals surface area (Å²) in [5.41, 5.74) is 0.794. The molecule has 0 saturated carbocycles. The number of ether oxygens (including phenoxy) is 2. The fraction of sp³-hybridized carbons (Fsp3) is 0.562. The van der Waals surface area contributed by atoms with Crippen LogP contribution in [0.5, 0.6) is 11.5 Å². The van der Waals surface area contributed by atoms with Crippen LogP contribution in [0.1, 0.15) is 25.3 Å².